The smallest absolute Gasteiger partial charge is 0.240 e. The molecule has 0 spiro atoms. The Kier molecular flexibility index (Phi) is 6.19. The average molecular weight is 317 g/mol. The van der Waals surface area contributed by atoms with Crippen LogP contribution in [0.15, 0.2) is 10.6 Å². The molecular weight excluding hydrogens is 292 g/mol. The summed E-state index contributed by atoms with van der Waals surface area (Å²) in [7, 11) is 0. The predicted octanol–water partition coefficient (Wildman–Crippen LogP) is 1.76. The molecule has 120 valence electrons. The van der Waals surface area contributed by atoms with Gasteiger partial charge in [-0.2, -0.15) is 0 Å². The third kappa shape index (κ3) is 4.69. The number of nitrogens with two attached hydrogens (primary N) is 1. The molecule has 1 fully saturated rings. The van der Waals surface area contributed by atoms with Gasteiger partial charge in [0.2, 0.25) is 11.8 Å². The summed E-state index contributed by atoms with van der Waals surface area (Å²) in [4.78, 5) is 14.1. The number of carbonyl (C=O) groups is 1. The summed E-state index contributed by atoms with van der Waals surface area (Å²) in [5.74, 6) is 0.324. The van der Waals surface area contributed by atoms with Gasteiger partial charge in [-0.15, -0.1) is 12.4 Å². The standard InChI is InChI=1S/C14H24N4O2.ClH/c1-14(2,3)11-7-13(20-17-11)16-12(19)9-18-6-4-5-10(18)8-15;/h7,10H,4-6,8-9,15H2,1-3H3,(H,16,19);1H. The van der Waals surface area contributed by atoms with Crippen LogP contribution in [0.2, 0.25) is 0 Å². The number of amides is 1. The van der Waals surface area contributed by atoms with Gasteiger partial charge in [0.15, 0.2) is 0 Å². The van der Waals surface area contributed by atoms with E-state index in [1.807, 2.05) is 20.8 Å². The van der Waals surface area contributed by atoms with E-state index in [1.54, 1.807) is 6.07 Å². The van der Waals surface area contributed by atoms with Crippen molar-refractivity contribution < 1.29 is 9.32 Å². The molecule has 3 N–H and O–H groups in total. The molecule has 0 saturated carbocycles. The highest BCUT2D eigenvalue weighted by Gasteiger charge is 2.25. The number of rotatable bonds is 4. The maximum atomic E-state index is 12.0. The third-order valence-electron chi connectivity index (χ3n) is 3.66. The summed E-state index contributed by atoms with van der Waals surface area (Å²) < 4.78 is 5.15. The molecule has 1 aromatic heterocycles. The number of likely N-dealkylation sites (tertiary alicyclic amines) is 1. The van der Waals surface area contributed by atoms with Gasteiger partial charge >= 0.3 is 0 Å². The van der Waals surface area contributed by atoms with Crippen LogP contribution in [0, 0.1) is 0 Å². The van der Waals surface area contributed by atoms with Crippen molar-refractivity contribution in [1.82, 2.24) is 10.1 Å². The molecule has 1 amide bonds. The summed E-state index contributed by atoms with van der Waals surface area (Å²) in [5.41, 5.74) is 6.44. The molecule has 7 heteroatoms. The maximum absolute atomic E-state index is 12.0. The van der Waals surface area contributed by atoms with Crippen molar-refractivity contribution in [3.63, 3.8) is 0 Å². The zero-order valence-electron chi connectivity index (χ0n) is 12.9. The minimum Gasteiger partial charge on any atom is -0.338 e. The molecular formula is C14H25ClN4O2. The molecule has 1 unspecified atom stereocenters. The maximum Gasteiger partial charge on any atom is 0.240 e. The van der Waals surface area contributed by atoms with E-state index < -0.39 is 0 Å². The average Bonchev–Trinajstić information content (AvgIpc) is 2.97. The molecule has 1 saturated heterocycles. The molecule has 2 rings (SSSR count). The number of aromatic nitrogens is 1. The molecule has 0 aromatic carbocycles. The van der Waals surface area contributed by atoms with Crippen molar-refractivity contribution in [2.75, 3.05) is 25.0 Å². The van der Waals surface area contributed by atoms with Crippen LogP contribution in [0.3, 0.4) is 0 Å². The summed E-state index contributed by atoms with van der Waals surface area (Å²) >= 11 is 0. The molecule has 0 bridgehead atoms. The summed E-state index contributed by atoms with van der Waals surface area (Å²) in [6.07, 6.45) is 2.17. The van der Waals surface area contributed by atoms with Crippen LogP contribution in [-0.4, -0.2) is 41.6 Å². The Labute approximate surface area is 131 Å². The number of halogens is 1. The lowest BCUT2D eigenvalue weighted by Crippen LogP contribution is -2.40. The topological polar surface area (TPSA) is 84.4 Å². The Bertz CT molecular complexity index is 470. The second kappa shape index (κ2) is 7.24. The molecule has 2 heterocycles. The van der Waals surface area contributed by atoms with Gasteiger partial charge in [-0.3, -0.25) is 15.0 Å². The third-order valence-corrected chi connectivity index (χ3v) is 3.66. The number of hydrogen-bond donors (Lipinski definition) is 2. The van der Waals surface area contributed by atoms with Gasteiger partial charge in [-0.1, -0.05) is 25.9 Å². The van der Waals surface area contributed by atoms with Gasteiger partial charge in [0.1, 0.15) is 0 Å². The first-order valence-electron chi connectivity index (χ1n) is 7.11. The Balaban J connectivity index is 0.00000220. The molecule has 0 aliphatic carbocycles. The molecule has 21 heavy (non-hydrogen) atoms. The zero-order valence-corrected chi connectivity index (χ0v) is 13.7. The second-order valence-corrected chi connectivity index (χ2v) is 6.38. The van der Waals surface area contributed by atoms with Crippen LogP contribution in [0.25, 0.3) is 0 Å². The van der Waals surface area contributed by atoms with E-state index in [0.717, 1.165) is 25.1 Å². The Morgan fingerprint density at radius 3 is 2.86 bits per heavy atom. The molecule has 1 atom stereocenters. The van der Waals surface area contributed by atoms with Crippen LogP contribution >= 0.6 is 12.4 Å². The van der Waals surface area contributed by atoms with Crippen LogP contribution in [0.4, 0.5) is 5.88 Å². The van der Waals surface area contributed by atoms with Crippen molar-refractivity contribution in [1.29, 1.82) is 0 Å². The van der Waals surface area contributed by atoms with Crippen LogP contribution in [0.1, 0.15) is 39.3 Å². The lowest BCUT2D eigenvalue weighted by molar-refractivity contribution is -0.117. The van der Waals surface area contributed by atoms with E-state index in [9.17, 15) is 4.79 Å². The van der Waals surface area contributed by atoms with Gasteiger partial charge in [-0.05, 0) is 19.4 Å². The van der Waals surface area contributed by atoms with E-state index in [1.165, 1.54) is 0 Å². The van der Waals surface area contributed by atoms with Gasteiger partial charge in [0.05, 0.1) is 12.2 Å². The quantitative estimate of drug-likeness (QED) is 0.884. The first kappa shape index (κ1) is 17.9. The van der Waals surface area contributed by atoms with E-state index in [0.29, 0.717) is 25.0 Å². The number of hydrogen-bond acceptors (Lipinski definition) is 5. The first-order valence-corrected chi connectivity index (χ1v) is 7.11. The van der Waals surface area contributed by atoms with E-state index in [-0.39, 0.29) is 23.7 Å². The minimum absolute atomic E-state index is 0. The summed E-state index contributed by atoms with van der Waals surface area (Å²) in [6.45, 7) is 8.03. The number of nitrogens with zero attached hydrogens (tertiary/aromatic N) is 2. The second-order valence-electron chi connectivity index (χ2n) is 6.38. The SMILES string of the molecule is CC(C)(C)c1cc(NC(=O)CN2CCCC2CN)on1.Cl. The van der Waals surface area contributed by atoms with Crippen molar-refractivity contribution in [2.45, 2.75) is 45.1 Å². The highest BCUT2D eigenvalue weighted by atomic mass is 35.5. The van der Waals surface area contributed by atoms with Gasteiger partial charge in [0.25, 0.3) is 0 Å². The number of anilines is 1. The lowest BCUT2D eigenvalue weighted by Gasteiger charge is -2.21. The molecule has 1 aliphatic rings. The summed E-state index contributed by atoms with van der Waals surface area (Å²) in [5, 5.41) is 6.74. The zero-order chi connectivity index (χ0) is 14.8. The fourth-order valence-electron chi connectivity index (χ4n) is 2.42. The fraction of sp³-hybridized carbons (Fsp3) is 0.714. The van der Waals surface area contributed by atoms with Crippen LogP contribution in [0.5, 0.6) is 0 Å². The van der Waals surface area contributed by atoms with Gasteiger partial charge in [-0.25, -0.2) is 0 Å². The predicted molar refractivity (Wildman–Crippen MR) is 84.7 cm³/mol. The van der Waals surface area contributed by atoms with Crippen LogP contribution < -0.4 is 11.1 Å². The van der Waals surface area contributed by atoms with E-state index >= 15 is 0 Å². The monoisotopic (exact) mass is 316 g/mol. The van der Waals surface area contributed by atoms with Gasteiger partial charge < -0.3 is 10.3 Å². The summed E-state index contributed by atoms with van der Waals surface area (Å²) in [6, 6.07) is 2.10. The Morgan fingerprint density at radius 1 is 1.57 bits per heavy atom. The van der Waals surface area contributed by atoms with Crippen molar-refractivity contribution in [2.24, 2.45) is 5.73 Å². The normalized spacial score (nSPS) is 19.3. The van der Waals surface area contributed by atoms with Crippen molar-refractivity contribution in [3.8, 4) is 0 Å². The van der Waals surface area contributed by atoms with Gasteiger partial charge in [0, 0.05) is 24.1 Å². The highest BCUT2D eigenvalue weighted by molar-refractivity contribution is 5.91. The van der Waals surface area contributed by atoms with Crippen molar-refractivity contribution in [3.05, 3.63) is 11.8 Å². The fourth-order valence-corrected chi connectivity index (χ4v) is 2.42. The molecule has 1 aliphatic heterocycles. The number of nitrogens with one attached hydrogen (secondary N) is 1. The Morgan fingerprint density at radius 2 is 2.29 bits per heavy atom. The molecule has 1 aromatic rings. The molecule has 6 nitrogen and oxygen atoms in total. The van der Waals surface area contributed by atoms with E-state index in [2.05, 4.69) is 15.4 Å². The minimum atomic E-state index is -0.0912. The van der Waals surface area contributed by atoms with E-state index in [4.69, 9.17) is 10.3 Å². The lowest BCUT2D eigenvalue weighted by atomic mass is 9.92. The molecule has 0 radical (unpaired) electrons. The van der Waals surface area contributed by atoms with Crippen LogP contribution in [-0.2, 0) is 10.2 Å². The van der Waals surface area contributed by atoms with Crippen molar-refractivity contribution >= 4 is 24.2 Å². The number of carbonyl (C=O) groups excluding carboxylic acids is 1. The Hall–Kier alpha value is -1.11. The highest BCUT2D eigenvalue weighted by Crippen LogP contribution is 2.23. The largest absolute Gasteiger partial charge is 0.338 e. The first-order chi connectivity index (χ1) is 9.40.